The summed E-state index contributed by atoms with van der Waals surface area (Å²) in [6, 6.07) is 0. The smallest absolute Gasteiger partial charge is 0.462 e. The average Bonchev–Trinajstić information content (AvgIpc) is 3.70. The van der Waals surface area contributed by atoms with E-state index in [0.29, 0.717) is 37.5 Å². The third-order valence-corrected chi connectivity index (χ3v) is 17.3. The molecular weight excluding hydrogens is 1150 g/mol. The number of hydrogen-bond donors (Lipinski definition) is 3. The van der Waals surface area contributed by atoms with Gasteiger partial charge in [0.2, 0.25) is 0 Å². The fourth-order valence-corrected chi connectivity index (χ4v) is 11.2. The molecule has 0 saturated heterocycles. The van der Waals surface area contributed by atoms with Gasteiger partial charge < -0.3 is 33.8 Å². The lowest BCUT2D eigenvalue weighted by atomic mass is 9.99. The van der Waals surface area contributed by atoms with E-state index in [0.717, 1.165) is 121 Å². The van der Waals surface area contributed by atoms with Crippen molar-refractivity contribution in [2.75, 3.05) is 39.6 Å². The Morgan fingerprint density at radius 1 is 0.379 bits per heavy atom. The first-order valence-electron chi connectivity index (χ1n) is 34.7. The van der Waals surface area contributed by atoms with Crippen molar-refractivity contribution in [1.29, 1.82) is 0 Å². The molecule has 0 fully saturated rings. The molecule has 17 nitrogen and oxygen atoms in total. The Morgan fingerprint density at radius 2 is 0.678 bits per heavy atom. The normalized spacial score (nSPS) is 14.8. The van der Waals surface area contributed by atoms with Crippen molar-refractivity contribution in [3.8, 4) is 0 Å². The molecule has 0 aliphatic carbocycles. The number of allylic oxidation sites excluding steroid dienone is 4. The van der Waals surface area contributed by atoms with Gasteiger partial charge in [0.05, 0.1) is 26.4 Å². The zero-order chi connectivity index (χ0) is 64.5. The number of unbranched alkanes of at least 4 members (excludes halogenated alkanes) is 28. The molecule has 0 aromatic rings. The van der Waals surface area contributed by atoms with Gasteiger partial charge in [-0.1, -0.05) is 259 Å². The zero-order valence-electron chi connectivity index (χ0n) is 56.0. The molecule has 512 valence electrons. The molecule has 6 atom stereocenters. The number of rotatable bonds is 64. The largest absolute Gasteiger partial charge is 0.472 e. The van der Waals surface area contributed by atoms with Gasteiger partial charge in [0.25, 0.3) is 0 Å². The van der Waals surface area contributed by atoms with Crippen LogP contribution >= 0.6 is 15.6 Å². The van der Waals surface area contributed by atoms with E-state index in [1.165, 1.54) is 96.3 Å². The summed E-state index contributed by atoms with van der Waals surface area (Å²) in [6.07, 6.45) is 44.1. The van der Waals surface area contributed by atoms with Gasteiger partial charge >= 0.3 is 39.5 Å². The Balaban J connectivity index is 5.27. The Hall–Kier alpha value is -2.46. The van der Waals surface area contributed by atoms with Crippen molar-refractivity contribution in [3.05, 3.63) is 24.3 Å². The molecular formula is C68H128O17P2. The van der Waals surface area contributed by atoms with Crippen molar-refractivity contribution < 1.29 is 80.2 Å². The molecule has 0 aliphatic heterocycles. The Kier molecular flexibility index (Phi) is 57.0. The van der Waals surface area contributed by atoms with E-state index < -0.39 is 97.5 Å². The van der Waals surface area contributed by atoms with E-state index in [1.807, 2.05) is 0 Å². The van der Waals surface area contributed by atoms with Gasteiger partial charge in [-0.05, 0) is 69.1 Å². The molecule has 0 amide bonds. The van der Waals surface area contributed by atoms with Crippen LogP contribution in [0.4, 0.5) is 0 Å². The molecule has 3 unspecified atom stereocenters. The topological polar surface area (TPSA) is 237 Å². The monoisotopic (exact) mass is 1280 g/mol. The van der Waals surface area contributed by atoms with Crippen LogP contribution in [0.1, 0.15) is 312 Å². The highest BCUT2D eigenvalue weighted by Gasteiger charge is 2.30. The maximum absolute atomic E-state index is 13.0. The number of aliphatic hydroxyl groups is 1. The van der Waals surface area contributed by atoms with Crippen LogP contribution in [0, 0.1) is 17.8 Å². The maximum Gasteiger partial charge on any atom is 0.472 e. The maximum atomic E-state index is 13.0. The van der Waals surface area contributed by atoms with Crippen molar-refractivity contribution in [3.63, 3.8) is 0 Å². The standard InChI is InChI=1S/C68H128O17P2/c1-8-10-11-12-13-14-15-16-17-18-19-20-27-35-42-49-65(70)78-55-63(84-67(72)51-44-37-28-23-21-25-32-39-46-59(3)4)57-82-86(74,75)80-53-62(69)54-81-87(76,77)83-58-64(56-79-66(71)50-43-36-31-30-33-40-47-60(5)6)85-68(73)52-45-38-29-24-22-26-34-41-48-61(7)9-2/h14-17,59-64,69H,8-13,18-58H2,1-7H3,(H,74,75)(H,76,77)/b15-14-,17-16-/t61?,62-,63-,64-/m1/s1. The second-order valence-corrected chi connectivity index (χ2v) is 28.0. The fraction of sp³-hybridized carbons (Fsp3) is 0.882. The second-order valence-electron chi connectivity index (χ2n) is 25.1. The minimum Gasteiger partial charge on any atom is -0.462 e. The van der Waals surface area contributed by atoms with Gasteiger partial charge in [-0.15, -0.1) is 0 Å². The lowest BCUT2D eigenvalue weighted by molar-refractivity contribution is -0.161. The fourth-order valence-electron chi connectivity index (χ4n) is 9.61. The van der Waals surface area contributed by atoms with Crippen LogP contribution in [0.2, 0.25) is 0 Å². The first kappa shape index (κ1) is 84.5. The second kappa shape index (κ2) is 58.6. The highest BCUT2D eigenvalue weighted by Crippen LogP contribution is 2.45. The molecule has 0 aromatic carbocycles. The number of esters is 4. The van der Waals surface area contributed by atoms with Crippen molar-refractivity contribution in [1.82, 2.24) is 0 Å². The molecule has 0 aliphatic rings. The van der Waals surface area contributed by atoms with Crippen LogP contribution < -0.4 is 0 Å². The summed E-state index contributed by atoms with van der Waals surface area (Å²) in [6.45, 7) is 11.6. The molecule has 19 heteroatoms. The molecule has 0 aromatic heterocycles. The summed E-state index contributed by atoms with van der Waals surface area (Å²) in [5.74, 6) is -0.00430. The number of hydrogen-bond acceptors (Lipinski definition) is 15. The zero-order valence-corrected chi connectivity index (χ0v) is 57.7. The number of aliphatic hydroxyl groups excluding tert-OH is 1. The molecule has 0 bridgehead atoms. The van der Waals surface area contributed by atoms with E-state index in [9.17, 15) is 43.2 Å². The minimum absolute atomic E-state index is 0.0970. The van der Waals surface area contributed by atoms with Gasteiger partial charge in [-0.3, -0.25) is 37.3 Å². The molecule has 0 saturated carbocycles. The number of carbonyl (C=O) groups is 4. The quantitative estimate of drug-likeness (QED) is 0.0169. The molecule has 87 heavy (non-hydrogen) atoms. The van der Waals surface area contributed by atoms with Gasteiger partial charge in [0.1, 0.15) is 19.3 Å². The Bertz CT molecular complexity index is 1810. The lowest BCUT2D eigenvalue weighted by Crippen LogP contribution is -2.30. The molecule has 0 rings (SSSR count). The minimum atomic E-state index is -4.96. The summed E-state index contributed by atoms with van der Waals surface area (Å²) in [5, 5.41) is 10.6. The third-order valence-electron chi connectivity index (χ3n) is 15.4. The first-order chi connectivity index (χ1) is 41.8. The highest BCUT2D eigenvalue weighted by molar-refractivity contribution is 7.47. The molecule has 0 heterocycles. The molecule has 0 spiro atoms. The predicted molar refractivity (Wildman–Crippen MR) is 349 cm³/mol. The van der Waals surface area contributed by atoms with Gasteiger partial charge in [0.15, 0.2) is 12.2 Å². The molecule has 0 radical (unpaired) electrons. The molecule has 3 N–H and O–H groups in total. The number of ether oxygens (including phenoxy) is 4. The van der Waals surface area contributed by atoms with E-state index >= 15 is 0 Å². The van der Waals surface area contributed by atoms with Crippen LogP contribution in [0.5, 0.6) is 0 Å². The Labute approximate surface area is 529 Å². The lowest BCUT2D eigenvalue weighted by Gasteiger charge is -2.21. The van der Waals surface area contributed by atoms with E-state index in [1.54, 1.807) is 0 Å². The van der Waals surface area contributed by atoms with Gasteiger partial charge in [-0.25, -0.2) is 9.13 Å². The summed E-state index contributed by atoms with van der Waals surface area (Å²) in [4.78, 5) is 72.4. The summed E-state index contributed by atoms with van der Waals surface area (Å²) in [7, 11) is -9.91. The first-order valence-corrected chi connectivity index (χ1v) is 37.7. The summed E-state index contributed by atoms with van der Waals surface area (Å²) < 4.78 is 68.1. The van der Waals surface area contributed by atoms with Crippen molar-refractivity contribution >= 4 is 39.5 Å². The number of carbonyl (C=O) groups excluding carboxylic acids is 4. The Morgan fingerprint density at radius 3 is 1.02 bits per heavy atom. The third kappa shape index (κ3) is 60.9. The van der Waals surface area contributed by atoms with Gasteiger partial charge in [-0.2, -0.15) is 0 Å². The van der Waals surface area contributed by atoms with Crippen molar-refractivity contribution in [2.45, 2.75) is 330 Å². The van der Waals surface area contributed by atoms with Crippen LogP contribution in [0.15, 0.2) is 24.3 Å². The predicted octanol–water partition coefficient (Wildman–Crippen LogP) is 18.6. The van der Waals surface area contributed by atoms with Crippen LogP contribution in [0.3, 0.4) is 0 Å². The van der Waals surface area contributed by atoms with Crippen LogP contribution in [-0.4, -0.2) is 96.7 Å². The van der Waals surface area contributed by atoms with E-state index in [-0.39, 0.29) is 25.7 Å². The number of phosphoric ester groups is 2. The van der Waals surface area contributed by atoms with Crippen molar-refractivity contribution in [2.24, 2.45) is 17.8 Å². The summed E-state index contributed by atoms with van der Waals surface area (Å²) >= 11 is 0. The van der Waals surface area contributed by atoms with Crippen LogP contribution in [0.25, 0.3) is 0 Å². The van der Waals surface area contributed by atoms with Crippen LogP contribution in [-0.2, 0) is 65.4 Å². The highest BCUT2D eigenvalue weighted by atomic mass is 31.2. The average molecular weight is 1280 g/mol. The van der Waals surface area contributed by atoms with Gasteiger partial charge in [0, 0.05) is 25.7 Å². The SMILES string of the molecule is CCCCCC/C=C\C=C/CCCCCCCC(=O)OC[C@H](COP(=O)(O)OC[C@@H](O)COP(=O)(O)OC[C@@H](COC(=O)CCCCCCCCC(C)C)OC(=O)CCCCCCCCCCC(C)CC)OC(=O)CCCCCCCCCCC(C)C. The number of phosphoric acid groups is 2. The summed E-state index contributed by atoms with van der Waals surface area (Å²) in [5.41, 5.74) is 0. The van der Waals surface area contributed by atoms with E-state index in [2.05, 4.69) is 72.8 Å². The van der Waals surface area contributed by atoms with E-state index in [4.69, 9.17) is 37.0 Å².